The molecule has 2 aromatic rings. The molecule has 19 heavy (non-hydrogen) atoms. The van der Waals surface area contributed by atoms with E-state index in [1.807, 2.05) is 18.2 Å². The summed E-state index contributed by atoms with van der Waals surface area (Å²) in [6.45, 7) is 7.53. The smallest absolute Gasteiger partial charge is 0.128 e. The van der Waals surface area contributed by atoms with E-state index in [0.717, 1.165) is 29.4 Å². The van der Waals surface area contributed by atoms with E-state index < -0.39 is 0 Å². The molecule has 3 heteroatoms. The molecule has 0 bridgehead atoms. The van der Waals surface area contributed by atoms with Crippen molar-refractivity contribution < 1.29 is 0 Å². The van der Waals surface area contributed by atoms with Gasteiger partial charge in [-0.05, 0) is 39.4 Å². The van der Waals surface area contributed by atoms with Gasteiger partial charge in [0.1, 0.15) is 5.82 Å². The van der Waals surface area contributed by atoms with E-state index in [-0.39, 0.29) is 5.54 Å². The maximum absolute atomic E-state index is 6.08. The van der Waals surface area contributed by atoms with Gasteiger partial charge in [-0.25, -0.2) is 4.98 Å². The fraction of sp³-hybridized carbons (Fsp3) is 0.438. The number of para-hydroxylation sites is 1. The fourth-order valence-electron chi connectivity index (χ4n) is 2.04. The highest BCUT2D eigenvalue weighted by Gasteiger charge is 2.21. The quantitative estimate of drug-likeness (QED) is 0.912. The van der Waals surface area contributed by atoms with Crippen LogP contribution >= 0.6 is 0 Å². The van der Waals surface area contributed by atoms with Gasteiger partial charge in [0, 0.05) is 23.0 Å². The minimum absolute atomic E-state index is 0.165. The Hall–Kier alpha value is -1.61. The van der Waals surface area contributed by atoms with Gasteiger partial charge >= 0.3 is 0 Å². The number of pyridine rings is 1. The lowest BCUT2D eigenvalue weighted by Gasteiger charge is -2.35. The van der Waals surface area contributed by atoms with Gasteiger partial charge < -0.3 is 5.73 Å². The third kappa shape index (κ3) is 2.87. The Bertz CT molecular complexity index is 575. The molecular formula is C16H23N3. The molecule has 0 fully saturated rings. The molecule has 0 saturated carbocycles. The molecule has 0 unspecified atom stereocenters. The van der Waals surface area contributed by atoms with Crippen LogP contribution in [0.25, 0.3) is 10.9 Å². The molecule has 0 spiro atoms. The average Bonchev–Trinajstić information content (AvgIpc) is 2.39. The fourth-order valence-corrected chi connectivity index (χ4v) is 2.04. The zero-order valence-electron chi connectivity index (χ0n) is 12.3. The first kappa shape index (κ1) is 13.8. The summed E-state index contributed by atoms with van der Waals surface area (Å²) in [5, 5.41) is 1.15. The number of nitrogens with zero attached hydrogens (tertiary/aromatic N) is 2. The molecule has 1 heterocycles. The molecule has 1 aromatic heterocycles. The molecule has 0 aliphatic rings. The number of hydrogen-bond acceptors (Lipinski definition) is 3. The van der Waals surface area contributed by atoms with Crippen LogP contribution in [-0.4, -0.2) is 22.5 Å². The zero-order valence-corrected chi connectivity index (χ0v) is 12.3. The number of nitrogen functional groups attached to an aromatic ring is 1. The van der Waals surface area contributed by atoms with Crippen LogP contribution in [0.1, 0.15) is 32.8 Å². The normalized spacial score (nSPS) is 12.3. The summed E-state index contributed by atoms with van der Waals surface area (Å²) in [6.07, 6.45) is 1.10. The van der Waals surface area contributed by atoms with Gasteiger partial charge in [0.05, 0.1) is 5.52 Å². The number of nitrogens with two attached hydrogens (primary N) is 1. The molecular weight excluding hydrogens is 234 g/mol. The highest BCUT2D eigenvalue weighted by atomic mass is 15.2. The average molecular weight is 257 g/mol. The van der Waals surface area contributed by atoms with Gasteiger partial charge in [-0.15, -0.1) is 0 Å². The van der Waals surface area contributed by atoms with E-state index in [1.165, 1.54) is 0 Å². The minimum atomic E-state index is 0.165. The molecule has 0 saturated heterocycles. The molecule has 102 valence electrons. The van der Waals surface area contributed by atoms with Crippen LogP contribution in [0.15, 0.2) is 30.3 Å². The number of aromatic nitrogens is 1. The number of hydrogen-bond donors (Lipinski definition) is 1. The van der Waals surface area contributed by atoms with Crippen molar-refractivity contribution >= 4 is 16.7 Å². The lowest BCUT2D eigenvalue weighted by atomic mass is 9.99. The number of rotatable bonds is 4. The van der Waals surface area contributed by atoms with Crippen molar-refractivity contribution in [3.05, 3.63) is 35.9 Å². The van der Waals surface area contributed by atoms with E-state index in [0.29, 0.717) is 5.82 Å². The van der Waals surface area contributed by atoms with Crippen molar-refractivity contribution in [2.24, 2.45) is 0 Å². The Kier molecular flexibility index (Phi) is 3.76. The van der Waals surface area contributed by atoms with Gasteiger partial charge in [0.15, 0.2) is 0 Å². The summed E-state index contributed by atoms with van der Waals surface area (Å²) in [4.78, 5) is 6.82. The molecule has 0 aliphatic carbocycles. The predicted octanol–water partition coefficient (Wildman–Crippen LogP) is 3.44. The lowest BCUT2D eigenvalue weighted by Crippen LogP contribution is -2.40. The Balaban J connectivity index is 2.33. The van der Waals surface area contributed by atoms with Crippen LogP contribution < -0.4 is 5.73 Å². The van der Waals surface area contributed by atoms with Gasteiger partial charge in [-0.3, -0.25) is 4.90 Å². The summed E-state index contributed by atoms with van der Waals surface area (Å²) < 4.78 is 0. The van der Waals surface area contributed by atoms with Gasteiger partial charge in [0.25, 0.3) is 0 Å². The Morgan fingerprint density at radius 2 is 1.95 bits per heavy atom. The molecule has 1 aromatic carbocycles. The van der Waals surface area contributed by atoms with Crippen LogP contribution in [0, 0.1) is 0 Å². The molecule has 2 rings (SSSR count). The van der Waals surface area contributed by atoms with Crippen molar-refractivity contribution in [3.8, 4) is 0 Å². The predicted molar refractivity (Wildman–Crippen MR) is 82.0 cm³/mol. The van der Waals surface area contributed by atoms with Gasteiger partial charge in [-0.1, -0.05) is 25.1 Å². The van der Waals surface area contributed by atoms with Crippen molar-refractivity contribution in [2.75, 3.05) is 12.8 Å². The van der Waals surface area contributed by atoms with Gasteiger partial charge in [0.2, 0.25) is 0 Å². The Morgan fingerprint density at radius 3 is 2.63 bits per heavy atom. The largest absolute Gasteiger partial charge is 0.383 e. The molecule has 0 atom stereocenters. The van der Waals surface area contributed by atoms with E-state index in [2.05, 4.69) is 49.8 Å². The van der Waals surface area contributed by atoms with Crippen molar-refractivity contribution in [3.63, 3.8) is 0 Å². The second-order valence-electron chi connectivity index (χ2n) is 5.75. The second-order valence-corrected chi connectivity index (χ2v) is 5.75. The third-order valence-electron chi connectivity index (χ3n) is 4.14. The molecule has 0 amide bonds. The SMILES string of the molecule is CCC(C)(C)N(C)Cc1cc2ccccc2nc1N. The molecule has 2 N–H and O–H groups in total. The van der Waals surface area contributed by atoms with Crippen LogP contribution in [0.4, 0.5) is 5.82 Å². The first-order chi connectivity index (χ1) is 8.94. The maximum Gasteiger partial charge on any atom is 0.128 e. The van der Waals surface area contributed by atoms with Crippen LogP contribution in [0.2, 0.25) is 0 Å². The Labute approximate surface area is 115 Å². The van der Waals surface area contributed by atoms with Crippen molar-refractivity contribution in [2.45, 2.75) is 39.3 Å². The second kappa shape index (κ2) is 5.17. The first-order valence-electron chi connectivity index (χ1n) is 6.79. The summed E-state index contributed by atoms with van der Waals surface area (Å²) >= 11 is 0. The van der Waals surface area contributed by atoms with Crippen LogP contribution in [0.3, 0.4) is 0 Å². The highest BCUT2D eigenvalue weighted by Crippen LogP contribution is 2.23. The van der Waals surface area contributed by atoms with Crippen molar-refractivity contribution in [1.29, 1.82) is 0 Å². The number of benzene rings is 1. The van der Waals surface area contributed by atoms with Crippen LogP contribution in [0.5, 0.6) is 0 Å². The lowest BCUT2D eigenvalue weighted by molar-refractivity contribution is 0.143. The van der Waals surface area contributed by atoms with E-state index in [9.17, 15) is 0 Å². The third-order valence-corrected chi connectivity index (χ3v) is 4.14. The standard InChI is InChI=1S/C16H23N3/c1-5-16(2,3)19(4)11-13-10-12-8-6-7-9-14(12)18-15(13)17/h6-10H,5,11H2,1-4H3,(H2,17,18). The van der Waals surface area contributed by atoms with Crippen molar-refractivity contribution in [1.82, 2.24) is 9.88 Å². The van der Waals surface area contributed by atoms with E-state index in [4.69, 9.17) is 5.73 Å². The summed E-state index contributed by atoms with van der Waals surface area (Å²) in [7, 11) is 2.14. The number of anilines is 1. The maximum atomic E-state index is 6.08. The molecule has 0 radical (unpaired) electrons. The monoisotopic (exact) mass is 257 g/mol. The van der Waals surface area contributed by atoms with Crippen LogP contribution in [-0.2, 0) is 6.54 Å². The number of fused-ring (bicyclic) bond motifs is 1. The minimum Gasteiger partial charge on any atom is -0.383 e. The molecule has 3 nitrogen and oxygen atoms in total. The highest BCUT2D eigenvalue weighted by molar-refractivity contribution is 5.81. The van der Waals surface area contributed by atoms with E-state index in [1.54, 1.807) is 0 Å². The Morgan fingerprint density at radius 1 is 1.26 bits per heavy atom. The summed E-state index contributed by atoms with van der Waals surface area (Å²) in [5.41, 5.74) is 8.31. The molecule has 0 aliphatic heterocycles. The van der Waals surface area contributed by atoms with E-state index >= 15 is 0 Å². The summed E-state index contributed by atoms with van der Waals surface area (Å²) in [5.74, 6) is 0.637. The summed E-state index contributed by atoms with van der Waals surface area (Å²) in [6, 6.07) is 10.2. The van der Waals surface area contributed by atoms with Gasteiger partial charge in [-0.2, -0.15) is 0 Å². The zero-order chi connectivity index (χ0) is 14.0. The first-order valence-corrected chi connectivity index (χ1v) is 6.79. The topological polar surface area (TPSA) is 42.2 Å².